The molecule has 0 fully saturated rings. The first-order valence-electron chi connectivity index (χ1n) is 4.95. The van der Waals surface area contributed by atoms with Crippen LogP contribution in [0.2, 0.25) is 0 Å². The van der Waals surface area contributed by atoms with Gasteiger partial charge in [-0.1, -0.05) is 6.07 Å². The van der Waals surface area contributed by atoms with Gasteiger partial charge < -0.3 is 9.72 Å². The van der Waals surface area contributed by atoms with Crippen molar-refractivity contribution >= 4 is 34.8 Å². The average Bonchev–Trinajstić information content (AvgIpc) is 2.74. The van der Waals surface area contributed by atoms with E-state index in [-0.39, 0.29) is 5.88 Å². The van der Waals surface area contributed by atoms with Crippen molar-refractivity contribution in [3.63, 3.8) is 0 Å². The fourth-order valence-electron chi connectivity index (χ4n) is 1.76. The fraction of sp³-hybridized carbons (Fsp3) is 0.167. The molecule has 0 bridgehead atoms. The van der Waals surface area contributed by atoms with Crippen molar-refractivity contribution in [3.8, 4) is 0 Å². The maximum atomic E-state index is 11.4. The Hall–Kier alpha value is -1.81. The summed E-state index contributed by atoms with van der Waals surface area (Å²) in [6.07, 6.45) is 0.758. The largest absolute Gasteiger partial charge is 0.465 e. The van der Waals surface area contributed by atoms with Crippen molar-refractivity contribution in [1.82, 2.24) is 4.98 Å². The van der Waals surface area contributed by atoms with Crippen molar-refractivity contribution in [2.75, 3.05) is 7.11 Å². The standard InChI is InChI=1S/C12H10ClNO3/c1-17-12(16)7-2-3-8-9(6-15)11(5-13)14-10(8)4-7/h2-4,6,14H,5H2,1H3. The van der Waals surface area contributed by atoms with Crippen molar-refractivity contribution < 1.29 is 14.3 Å². The highest BCUT2D eigenvalue weighted by atomic mass is 35.5. The maximum Gasteiger partial charge on any atom is 0.337 e. The van der Waals surface area contributed by atoms with Crippen molar-refractivity contribution in [3.05, 3.63) is 35.0 Å². The van der Waals surface area contributed by atoms with E-state index in [0.717, 1.165) is 11.7 Å². The molecule has 0 saturated heterocycles. The van der Waals surface area contributed by atoms with E-state index in [9.17, 15) is 9.59 Å². The first-order valence-corrected chi connectivity index (χ1v) is 5.48. The van der Waals surface area contributed by atoms with E-state index in [4.69, 9.17) is 11.6 Å². The number of alkyl halides is 1. The number of aromatic nitrogens is 1. The van der Waals surface area contributed by atoms with Crippen LogP contribution in [0.25, 0.3) is 10.9 Å². The number of H-pyrrole nitrogens is 1. The minimum Gasteiger partial charge on any atom is -0.465 e. The van der Waals surface area contributed by atoms with Gasteiger partial charge in [0.25, 0.3) is 0 Å². The zero-order valence-electron chi connectivity index (χ0n) is 9.12. The van der Waals surface area contributed by atoms with E-state index in [0.29, 0.717) is 22.3 Å². The molecule has 0 aliphatic rings. The third-order valence-electron chi connectivity index (χ3n) is 2.59. The van der Waals surface area contributed by atoms with Crippen LogP contribution in [0.1, 0.15) is 26.4 Å². The zero-order chi connectivity index (χ0) is 12.4. The molecular formula is C12H10ClNO3. The van der Waals surface area contributed by atoms with Crippen LogP contribution < -0.4 is 0 Å². The smallest absolute Gasteiger partial charge is 0.337 e. The van der Waals surface area contributed by atoms with E-state index < -0.39 is 5.97 Å². The van der Waals surface area contributed by atoms with Gasteiger partial charge in [-0.15, -0.1) is 11.6 Å². The molecule has 5 heteroatoms. The second kappa shape index (κ2) is 4.59. The van der Waals surface area contributed by atoms with Crippen LogP contribution in [0.4, 0.5) is 0 Å². The van der Waals surface area contributed by atoms with Gasteiger partial charge in [0.15, 0.2) is 6.29 Å². The number of methoxy groups -OCH3 is 1. The SMILES string of the molecule is COC(=O)c1ccc2c(C=O)c(CCl)[nH]c2c1. The minimum absolute atomic E-state index is 0.219. The van der Waals surface area contributed by atoms with Gasteiger partial charge in [-0.05, 0) is 12.1 Å². The van der Waals surface area contributed by atoms with Crippen LogP contribution in [0.3, 0.4) is 0 Å². The van der Waals surface area contributed by atoms with Crippen LogP contribution in [0.15, 0.2) is 18.2 Å². The molecule has 0 spiro atoms. The third kappa shape index (κ3) is 1.91. The van der Waals surface area contributed by atoms with E-state index in [2.05, 4.69) is 9.72 Å². The quantitative estimate of drug-likeness (QED) is 0.518. The molecule has 0 aliphatic heterocycles. The molecule has 17 heavy (non-hydrogen) atoms. The number of ether oxygens (including phenoxy) is 1. The van der Waals surface area contributed by atoms with Crippen LogP contribution in [-0.4, -0.2) is 24.3 Å². The summed E-state index contributed by atoms with van der Waals surface area (Å²) >= 11 is 5.73. The van der Waals surface area contributed by atoms with E-state index in [1.54, 1.807) is 18.2 Å². The van der Waals surface area contributed by atoms with E-state index in [1.165, 1.54) is 7.11 Å². The van der Waals surface area contributed by atoms with Crippen LogP contribution >= 0.6 is 11.6 Å². The molecule has 1 N–H and O–H groups in total. The number of carbonyl (C=O) groups is 2. The predicted octanol–water partition coefficient (Wildman–Crippen LogP) is 2.51. The predicted molar refractivity (Wildman–Crippen MR) is 64.6 cm³/mol. The van der Waals surface area contributed by atoms with Gasteiger partial charge in [0.1, 0.15) is 0 Å². The molecule has 88 valence electrons. The number of aldehydes is 1. The number of rotatable bonds is 3. The van der Waals surface area contributed by atoms with Gasteiger partial charge in [-0.2, -0.15) is 0 Å². The molecule has 0 radical (unpaired) electrons. The number of hydrogen-bond donors (Lipinski definition) is 1. The van der Waals surface area contributed by atoms with Crippen LogP contribution in [0.5, 0.6) is 0 Å². The Labute approximate surface area is 103 Å². The Morgan fingerprint density at radius 3 is 2.88 bits per heavy atom. The summed E-state index contributed by atoms with van der Waals surface area (Å²) in [5, 5.41) is 0.753. The fourth-order valence-corrected chi connectivity index (χ4v) is 1.97. The Kier molecular flexibility index (Phi) is 3.15. The molecule has 4 nitrogen and oxygen atoms in total. The summed E-state index contributed by atoms with van der Waals surface area (Å²) in [4.78, 5) is 25.3. The molecule has 1 aromatic carbocycles. The van der Waals surface area contributed by atoms with Gasteiger partial charge in [0.05, 0.1) is 18.6 Å². The summed E-state index contributed by atoms with van der Waals surface area (Å²) in [7, 11) is 1.32. The summed E-state index contributed by atoms with van der Waals surface area (Å²) < 4.78 is 4.63. The van der Waals surface area contributed by atoms with Crippen molar-refractivity contribution in [2.45, 2.75) is 5.88 Å². The number of halogens is 1. The monoisotopic (exact) mass is 251 g/mol. The third-order valence-corrected chi connectivity index (χ3v) is 2.86. The van der Waals surface area contributed by atoms with Gasteiger partial charge in [0, 0.05) is 22.2 Å². The Bertz CT molecular complexity index is 589. The summed E-state index contributed by atoms with van der Waals surface area (Å²) in [6, 6.07) is 4.97. The highest BCUT2D eigenvalue weighted by Crippen LogP contribution is 2.23. The van der Waals surface area contributed by atoms with Crippen LogP contribution in [-0.2, 0) is 10.6 Å². The van der Waals surface area contributed by atoms with Crippen molar-refractivity contribution in [2.24, 2.45) is 0 Å². The Morgan fingerprint density at radius 2 is 2.29 bits per heavy atom. The van der Waals surface area contributed by atoms with E-state index >= 15 is 0 Å². The molecule has 0 unspecified atom stereocenters. The lowest BCUT2D eigenvalue weighted by Gasteiger charge is -1.98. The molecule has 1 aromatic heterocycles. The second-order valence-corrected chi connectivity index (χ2v) is 3.79. The number of aromatic amines is 1. The molecule has 1 heterocycles. The van der Waals surface area contributed by atoms with Gasteiger partial charge >= 0.3 is 5.97 Å². The molecule has 0 aliphatic carbocycles. The maximum absolute atomic E-state index is 11.4. The lowest BCUT2D eigenvalue weighted by Crippen LogP contribution is -2.00. The molecule has 0 amide bonds. The lowest BCUT2D eigenvalue weighted by molar-refractivity contribution is 0.0601. The lowest BCUT2D eigenvalue weighted by atomic mass is 10.1. The van der Waals surface area contributed by atoms with Gasteiger partial charge in [-0.3, -0.25) is 4.79 Å². The molecule has 0 saturated carbocycles. The summed E-state index contributed by atoms with van der Waals surface area (Å²) in [5.74, 6) is -0.197. The number of benzene rings is 1. The highest BCUT2D eigenvalue weighted by molar-refractivity contribution is 6.18. The summed E-state index contributed by atoms with van der Waals surface area (Å²) in [6.45, 7) is 0. The summed E-state index contributed by atoms with van der Waals surface area (Å²) in [5.41, 5.74) is 2.32. The second-order valence-electron chi connectivity index (χ2n) is 3.52. The first kappa shape index (κ1) is 11.7. The van der Waals surface area contributed by atoms with Gasteiger partial charge in [-0.25, -0.2) is 4.79 Å². The number of nitrogens with one attached hydrogen (secondary N) is 1. The van der Waals surface area contributed by atoms with Crippen LogP contribution in [0, 0.1) is 0 Å². The van der Waals surface area contributed by atoms with Crippen molar-refractivity contribution in [1.29, 1.82) is 0 Å². The molecule has 0 atom stereocenters. The topological polar surface area (TPSA) is 59.2 Å². The number of hydrogen-bond acceptors (Lipinski definition) is 3. The average molecular weight is 252 g/mol. The van der Waals surface area contributed by atoms with Gasteiger partial charge in [0.2, 0.25) is 0 Å². The Morgan fingerprint density at radius 1 is 1.53 bits per heavy atom. The highest BCUT2D eigenvalue weighted by Gasteiger charge is 2.12. The number of fused-ring (bicyclic) bond motifs is 1. The zero-order valence-corrected chi connectivity index (χ0v) is 9.88. The molecular weight excluding hydrogens is 242 g/mol. The normalized spacial score (nSPS) is 10.5. The number of esters is 1. The Balaban J connectivity index is 2.63. The number of carbonyl (C=O) groups excluding carboxylic acids is 2. The molecule has 2 rings (SSSR count). The minimum atomic E-state index is -0.415. The first-order chi connectivity index (χ1) is 8.21. The van der Waals surface area contributed by atoms with E-state index in [1.807, 2.05) is 0 Å². The molecule has 2 aromatic rings.